The summed E-state index contributed by atoms with van der Waals surface area (Å²) in [4.78, 5) is 26.7. The number of anilines is 1. The number of rotatable bonds is 3. The second-order valence-corrected chi connectivity index (χ2v) is 6.68. The Hall–Kier alpha value is -2.24. The summed E-state index contributed by atoms with van der Waals surface area (Å²) in [7, 11) is 0. The number of hydrogen-bond acceptors (Lipinski definition) is 4. The number of amides is 2. The SMILES string of the molecule is O=C(Nc1ccc2c(c1)OCCO2)C1CC1C(=O)N1CCCCC1. The van der Waals surface area contributed by atoms with Crippen molar-refractivity contribution in [3.05, 3.63) is 18.2 Å². The van der Waals surface area contributed by atoms with Crippen LogP contribution in [0.3, 0.4) is 0 Å². The fourth-order valence-corrected chi connectivity index (χ4v) is 3.46. The second-order valence-electron chi connectivity index (χ2n) is 6.68. The maximum Gasteiger partial charge on any atom is 0.228 e. The van der Waals surface area contributed by atoms with Gasteiger partial charge in [0.15, 0.2) is 11.5 Å². The predicted octanol–water partition coefficient (Wildman–Crippen LogP) is 2.04. The van der Waals surface area contributed by atoms with Gasteiger partial charge in [-0.05, 0) is 37.8 Å². The summed E-state index contributed by atoms with van der Waals surface area (Å²) in [5.74, 6) is 1.08. The lowest BCUT2D eigenvalue weighted by Gasteiger charge is -2.26. The summed E-state index contributed by atoms with van der Waals surface area (Å²) in [6.45, 7) is 2.73. The highest BCUT2D eigenvalue weighted by molar-refractivity contribution is 5.99. The molecule has 2 amide bonds. The zero-order chi connectivity index (χ0) is 16.5. The van der Waals surface area contributed by atoms with Crippen molar-refractivity contribution in [2.45, 2.75) is 25.7 Å². The van der Waals surface area contributed by atoms with Gasteiger partial charge in [-0.15, -0.1) is 0 Å². The molecule has 6 heteroatoms. The van der Waals surface area contributed by atoms with Crippen molar-refractivity contribution in [2.75, 3.05) is 31.6 Å². The molecule has 0 radical (unpaired) electrons. The van der Waals surface area contributed by atoms with Crippen LogP contribution in [0.25, 0.3) is 0 Å². The molecule has 1 saturated carbocycles. The van der Waals surface area contributed by atoms with Crippen LogP contribution in [0, 0.1) is 11.8 Å². The molecule has 0 spiro atoms. The van der Waals surface area contributed by atoms with Crippen LogP contribution in [0.2, 0.25) is 0 Å². The molecule has 2 heterocycles. The predicted molar refractivity (Wildman–Crippen MR) is 88.1 cm³/mol. The Labute approximate surface area is 141 Å². The first kappa shape index (κ1) is 15.3. The second kappa shape index (κ2) is 6.34. The minimum absolute atomic E-state index is 0.0814. The molecule has 2 unspecified atom stereocenters. The molecule has 0 aromatic heterocycles. The smallest absolute Gasteiger partial charge is 0.228 e. The molecule has 1 aromatic rings. The Kier molecular flexibility index (Phi) is 4.04. The van der Waals surface area contributed by atoms with Gasteiger partial charge in [0.25, 0.3) is 0 Å². The molecular weight excluding hydrogens is 308 g/mol. The van der Waals surface area contributed by atoms with E-state index >= 15 is 0 Å². The first-order chi connectivity index (χ1) is 11.7. The number of carbonyl (C=O) groups excluding carboxylic acids is 2. The zero-order valence-corrected chi connectivity index (χ0v) is 13.6. The van der Waals surface area contributed by atoms with E-state index in [1.807, 2.05) is 4.90 Å². The van der Waals surface area contributed by atoms with Gasteiger partial charge in [0, 0.05) is 24.8 Å². The third-order valence-electron chi connectivity index (χ3n) is 4.92. The van der Waals surface area contributed by atoms with Crippen molar-refractivity contribution in [3.8, 4) is 11.5 Å². The molecule has 1 N–H and O–H groups in total. The van der Waals surface area contributed by atoms with Gasteiger partial charge in [-0.3, -0.25) is 9.59 Å². The van der Waals surface area contributed by atoms with Crippen molar-refractivity contribution in [1.29, 1.82) is 0 Å². The summed E-state index contributed by atoms with van der Waals surface area (Å²) in [6.07, 6.45) is 4.01. The van der Waals surface area contributed by atoms with Crippen molar-refractivity contribution < 1.29 is 19.1 Å². The standard InChI is InChI=1S/C18H22N2O4/c21-17(13-11-14(13)18(22)20-6-2-1-3-7-20)19-12-4-5-15-16(10-12)24-9-8-23-15/h4-5,10,13-14H,1-3,6-9,11H2,(H,19,21). The molecule has 6 nitrogen and oxygen atoms in total. The third kappa shape index (κ3) is 3.05. The van der Waals surface area contributed by atoms with Gasteiger partial charge >= 0.3 is 0 Å². The molecule has 2 fully saturated rings. The Morgan fingerprint density at radius 1 is 1.00 bits per heavy atom. The lowest BCUT2D eigenvalue weighted by molar-refractivity contribution is -0.134. The number of benzene rings is 1. The number of nitrogens with zero attached hydrogens (tertiary/aromatic N) is 1. The molecule has 24 heavy (non-hydrogen) atoms. The van der Waals surface area contributed by atoms with Gasteiger partial charge in [0.05, 0.1) is 11.8 Å². The summed E-state index contributed by atoms with van der Waals surface area (Å²) < 4.78 is 11.0. The van der Waals surface area contributed by atoms with E-state index in [0.717, 1.165) is 25.9 Å². The highest BCUT2D eigenvalue weighted by atomic mass is 16.6. The number of likely N-dealkylation sites (tertiary alicyclic amines) is 1. The zero-order valence-electron chi connectivity index (χ0n) is 13.6. The molecule has 1 aromatic carbocycles. The van der Waals surface area contributed by atoms with E-state index in [0.29, 0.717) is 36.8 Å². The molecule has 128 valence electrons. The van der Waals surface area contributed by atoms with Crippen LogP contribution in [-0.2, 0) is 9.59 Å². The molecule has 0 bridgehead atoms. The summed E-state index contributed by atoms with van der Waals surface area (Å²) in [5.41, 5.74) is 0.681. The molecule has 1 saturated heterocycles. The molecule has 2 atom stereocenters. The lowest BCUT2D eigenvalue weighted by Crippen LogP contribution is -2.37. The highest BCUT2D eigenvalue weighted by Gasteiger charge is 2.49. The fraction of sp³-hybridized carbons (Fsp3) is 0.556. The summed E-state index contributed by atoms with van der Waals surface area (Å²) >= 11 is 0. The Bertz CT molecular complexity index is 654. The Morgan fingerprint density at radius 2 is 1.75 bits per heavy atom. The number of ether oxygens (including phenoxy) is 2. The number of nitrogens with one attached hydrogen (secondary N) is 1. The first-order valence-electron chi connectivity index (χ1n) is 8.72. The monoisotopic (exact) mass is 330 g/mol. The minimum Gasteiger partial charge on any atom is -0.486 e. The van der Waals surface area contributed by atoms with Crippen molar-refractivity contribution >= 4 is 17.5 Å². The van der Waals surface area contributed by atoms with Crippen LogP contribution in [-0.4, -0.2) is 43.0 Å². The van der Waals surface area contributed by atoms with Gasteiger partial charge in [-0.25, -0.2) is 0 Å². The maximum atomic E-state index is 12.4. The van der Waals surface area contributed by atoms with Crippen LogP contribution >= 0.6 is 0 Å². The topological polar surface area (TPSA) is 67.9 Å². The van der Waals surface area contributed by atoms with Crippen LogP contribution in [0.5, 0.6) is 11.5 Å². The summed E-state index contributed by atoms with van der Waals surface area (Å²) in [5, 5.41) is 2.90. The number of fused-ring (bicyclic) bond motifs is 1. The average Bonchev–Trinajstić information content (AvgIpc) is 3.42. The molecule has 1 aliphatic carbocycles. The molecule has 4 rings (SSSR count). The third-order valence-corrected chi connectivity index (χ3v) is 4.92. The van der Waals surface area contributed by atoms with E-state index in [4.69, 9.17) is 9.47 Å². The molecule has 3 aliphatic rings. The van der Waals surface area contributed by atoms with Crippen LogP contribution in [0.15, 0.2) is 18.2 Å². The quantitative estimate of drug-likeness (QED) is 0.921. The van der Waals surface area contributed by atoms with Crippen LogP contribution < -0.4 is 14.8 Å². The van der Waals surface area contributed by atoms with Gasteiger partial charge in [0.2, 0.25) is 11.8 Å². The van der Waals surface area contributed by atoms with Crippen molar-refractivity contribution in [3.63, 3.8) is 0 Å². The fourth-order valence-electron chi connectivity index (χ4n) is 3.46. The van der Waals surface area contributed by atoms with E-state index in [1.165, 1.54) is 6.42 Å². The molecular formula is C18H22N2O4. The van der Waals surface area contributed by atoms with Gasteiger partial charge < -0.3 is 19.7 Å². The van der Waals surface area contributed by atoms with E-state index in [-0.39, 0.29) is 23.7 Å². The van der Waals surface area contributed by atoms with Gasteiger partial charge in [-0.1, -0.05) is 0 Å². The molecule has 2 aliphatic heterocycles. The van der Waals surface area contributed by atoms with E-state index < -0.39 is 0 Å². The van der Waals surface area contributed by atoms with Crippen molar-refractivity contribution in [1.82, 2.24) is 4.90 Å². The van der Waals surface area contributed by atoms with E-state index in [2.05, 4.69) is 5.32 Å². The van der Waals surface area contributed by atoms with Gasteiger partial charge in [-0.2, -0.15) is 0 Å². The normalized spacial score (nSPS) is 25.1. The Balaban J connectivity index is 1.35. The first-order valence-corrected chi connectivity index (χ1v) is 8.72. The van der Waals surface area contributed by atoms with Crippen molar-refractivity contribution in [2.24, 2.45) is 11.8 Å². The largest absolute Gasteiger partial charge is 0.486 e. The van der Waals surface area contributed by atoms with E-state index in [9.17, 15) is 9.59 Å². The van der Waals surface area contributed by atoms with E-state index in [1.54, 1.807) is 18.2 Å². The number of piperidine rings is 1. The van der Waals surface area contributed by atoms with Gasteiger partial charge in [0.1, 0.15) is 13.2 Å². The number of hydrogen-bond donors (Lipinski definition) is 1. The maximum absolute atomic E-state index is 12.4. The minimum atomic E-state index is -0.201. The lowest BCUT2D eigenvalue weighted by atomic mass is 10.1. The summed E-state index contributed by atoms with van der Waals surface area (Å²) in [6, 6.07) is 5.37. The highest BCUT2D eigenvalue weighted by Crippen LogP contribution is 2.41. The number of carbonyl (C=O) groups is 2. The van der Waals surface area contributed by atoms with Crippen LogP contribution in [0.4, 0.5) is 5.69 Å². The average molecular weight is 330 g/mol. The Morgan fingerprint density at radius 3 is 2.54 bits per heavy atom. The van der Waals surface area contributed by atoms with Crippen LogP contribution in [0.1, 0.15) is 25.7 Å².